The molecule has 0 aromatic carbocycles. The van der Waals surface area contributed by atoms with Gasteiger partial charge in [-0.1, -0.05) is 20.8 Å². The molecule has 0 aliphatic carbocycles. The van der Waals surface area contributed by atoms with Gasteiger partial charge in [0, 0.05) is 6.54 Å². The Morgan fingerprint density at radius 1 is 1.47 bits per heavy atom. The van der Waals surface area contributed by atoms with Gasteiger partial charge in [-0.3, -0.25) is 4.79 Å². The van der Waals surface area contributed by atoms with E-state index >= 15 is 0 Å². The van der Waals surface area contributed by atoms with E-state index in [2.05, 4.69) is 25.9 Å². The summed E-state index contributed by atoms with van der Waals surface area (Å²) in [6.07, 6.45) is 0.904. The van der Waals surface area contributed by atoms with Crippen LogP contribution in [0.5, 0.6) is 0 Å². The van der Waals surface area contributed by atoms with Crippen LogP contribution in [0.4, 0.5) is 0 Å². The zero-order valence-corrected chi connectivity index (χ0v) is 10.9. The van der Waals surface area contributed by atoms with E-state index < -0.39 is 5.97 Å². The Morgan fingerprint density at radius 3 is 2.65 bits per heavy atom. The molecule has 1 amide bonds. The number of ether oxygens (including phenoxy) is 1. The summed E-state index contributed by atoms with van der Waals surface area (Å²) < 4.78 is 4.82. The van der Waals surface area contributed by atoms with Gasteiger partial charge in [-0.2, -0.15) is 5.10 Å². The van der Waals surface area contributed by atoms with Gasteiger partial charge in [-0.05, 0) is 18.8 Å². The summed E-state index contributed by atoms with van der Waals surface area (Å²) in [4.78, 5) is 23.0. The predicted octanol–water partition coefficient (Wildman–Crippen LogP) is 1.57. The molecule has 17 heavy (non-hydrogen) atoms. The summed E-state index contributed by atoms with van der Waals surface area (Å²) in [7, 11) is 0. The van der Waals surface area contributed by atoms with Crippen LogP contribution in [0, 0.1) is 5.41 Å². The average Bonchev–Trinajstić information content (AvgIpc) is 2.56. The van der Waals surface area contributed by atoms with Gasteiger partial charge in [0.25, 0.3) is 0 Å². The molecule has 0 aromatic rings. The normalized spacial score (nSPS) is 16.1. The minimum atomic E-state index is -0.487. The van der Waals surface area contributed by atoms with Gasteiger partial charge in [0.1, 0.15) is 0 Å². The van der Waals surface area contributed by atoms with E-state index in [0.29, 0.717) is 13.2 Å². The molecule has 1 aliphatic heterocycles. The summed E-state index contributed by atoms with van der Waals surface area (Å²) >= 11 is 0. The third-order valence-electron chi connectivity index (χ3n) is 2.43. The van der Waals surface area contributed by atoms with Crippen LogP contribution in [0.25, 0.3) is 0 Å². The van der Waals surface area contributed by atoms with E-state index in [9.17, 15) is 9.59 Å². The number of carbonyl (C=O) groups is 2. The molecule has 0 saturated heterocycles. The molecular formula is C12H20N2O3. The van der Waals surface area contributed by atoms with Crippen LogP contribution in [0.15, 0.2) is 5.10 Å². The Bertz CT molecular complexity index is 342. The smallest absolute Gasteiger partial charge is 0.355 e. The summed E-state index contributed by atoms with van der Waals surface area (Å²) in [5, 5.41) is 5.39. The Balaban J connectivity index is 2.57. The lowest BCUT2D eigenvalue weighted by Crippen LogP contribution is -2.25. The number of esters is 1. The second-order valence-electron chi connectivity index (χ2n) is 5.27. The van der Waals surface area contributed by atoms with E-state index in [0.717, 1.165) is 6.42 Å². The molecule has 1 heterocycles. The van der Waals surface area contributed by atoms with E-state index in [4.69, 9.17) is 4.74 Å². The van der Waals surface area contributed by atoms with E-state index in [-0.39, 0.29) is 23.5 Å². The summed E-state index contributed by atoms with van der Waals surface area (Å²) in [5.41, 5.74) is 0.355. The van der Waals surface area contributed by atoms with Crippen LogP contribution in [0.2, 0.25) is 0 Å². The molecule has 0 radical (unpaired) electrons. The Morgan fingerprint density at radius 2 is 2.12 bits per heavy atom. The van der Waals surface area contributed by atoms with Crippen LogP contribution >= 0.6 is 0 Å². The first-order chi connectivity index (χ1) is 7.83. The van der Waals surface area contributed by atoms with Gasteiger partial charge in [0.05, 0.1) is 13.0 Å². The number of hydrogen-bond acceptors (Lipinski definition) is 4. The van der Waals surface area contributed by atoms with E-state index in [1.807, 2.05) is 0 Å². The second-order valence-corrected chi connectivity index (χ2v) is 5.27. The zero-order valence-electron chi connectivity index (χ0n) is 10.9. The molecule has 1 rings (SSSR count). The molecule has 0 bridgehead atoms. The number of rotatable bonds is 4. The van der Waals surface area contributed by atoms with Crippen molar-refractivity contribution < 1.29 is 14.3 Å². The quantitative estimate of drug-likeness (QED) is 0.701. The van der Waals surface area contributed by atoms with Crippen molar-refractivity contribution in [1.29, 1.82) is 0 Å². The Kier molecular flexibility index (Phi) is 4.26. The summed E-state index contributed by atoms with van der Waals surface area (Å²) in [6, 6.07) is 0. The maximum Gasteiger partial charge on any atom is 0.355 e. The predicted molar refractivity (Wildman–Crippen MR) is 64.5 cm³/mol. The van der Waals surface area contributed by atoms with Crippen molar-refractivity contribution >= 4 is 17.6 Å². The zero-order chi connectivity index (χ0) is 13.1. The second kappa shape index (κ2) is 5.29. The van der Waals surface area contributed by atoms with Crippen molar-refractivity contribution in [3.8, 4) is 0 Å². The maximum atomic E-state index is 11.6. The molecule has 0 fully saturated rings. The highest BCUT2D eigenvalue weighted by molar-refractivity contribution is 6.41. The van der Waals surface area contributed by atoms with Crippen molar-refractivity contribution in [2.24, 2.45) is 10.5 Å². The molecule has 0 spiro atoms. The molecule has 96 valence electrons. The van der Waals surface area contributed by atoms with Gasteiger partial charge in [-0.15, -0.1) is 0 Å². The van der Waals surface area contributed by atoms with Crippen LogP contribution < -0.4 is 0 Å². The van der Waals surface area contributed by atoms with Crippen molar-refractivity contribution in [2.75, 3.05) is 13.2 Å². The highest BCUT2D eigenvalue weighted by atomic mass is 16.5. The SMILES string of the molecule is CCOC(=O)C1=NN(CCC(C)(C)C)C(=O)C1. The van der Waals surface area contributed by atoms with Gasteiger partial charge < -0.3 is 4.74 Å². The first kappa shape index (κ1) is 13.7. The number of hydrogen-bond donors (Lipinski definition) is 0. The highest BCUT2D eigenvalue weighted by Crippen LogP contribution is 2.20. The third kappa shape index (κ3) is 4.17. The molecule has 0 aromatic heterocycles. The van der Waals surface area contributed by atoms with Crippen LogP contribution in [0.1, 0.15) is 40.5 Å². The molecule has 1 aliphatic rings. The summed E-state index contributed by atoms with van der Waals surface area (Å²) in [6.45, 7) is 8.88. The molecule has 0 atom stereocenters. The van der Waals surface area contributed by atoms with Crippen molar-refractivity contribution in [2.45, 2.75) is 40.5 Å². The molecule has 5 heteroatoms. The van der Waals surface area contributed by atoms with Crippen molar-refractivity contribution in [1.82, 2.24) is 5.01 Å². The molecule has 0 N–H and O–H groups in total. The average molecular weight is 240 g/mol. The van der Waals surface area contributed by atoms with Crippen LogP contribution in [0.3, 0.4) is 0 Å². The monoisotopic (exact) mass is 240 g/mol. The number of hydrazone groups is 1. The lowest BCUT2D eigenvalue weighted by atomic mass is 9.92. The van der Waals surface area contributed by atoms with Gasteiger partial charge in [0.15, 0.2) is 5.71 Å². The number of nitrogens with zero attached hydrogens (tertiary/aromatic N) is 2. The Hall–Kier alpha value is -1.39. The maximum absolute atomic E-state index is 11.6. The standard InChI is InChI=1S/C12H20N2O3/c1-5-17-11(16)9-8-10(15)14(13-9)7-6-12(2,3)4/h5-8H2,1-4H3. The van der Waals surface area contributed by atoms with Gasteiger partial charge >= 0.3 is 5.97 Å². The lowest BCUT2D eigenvalue weighted by Gasteiger charge is -2.20. The minimum Gasteiger partial charge on any atom is -0.461 e. The largest absolute Gasteiger partial charge is 0.461 e. The van der Waals surface area contributed by atoms with Crippen molar-refractivity contribution in [3.05, 3.63) is 0 Å². The van der Waals surface area contributed by atoms with Gasteiger partial charge in [0.2, 0.25) is 5.91 Å². The fourth-order valence-corrected chi connectivity index (χ4v) is 1.41. The minimum absolute atomic E-state index is 0.0585. The number of amides is 1. The topological polar surface area (TPSA) is 59.0 Å². The fourth-order valence-electron chi connectivity index (χ4n) is 1.41. The van der Waals surface area contributed by atoms with Crippen LogP contribution in [-0.2, 0) is 14.3 Å². The molecule has 0 saturated carbocycles. The van der Waals surface area contributed by atoms with E-state index in [1.54, 1.807) is 6.92 Å². The molecular weight excluding hydrogens is 220 g/mol. The number of carbonyl (C=O) groups excluding carboxylic acids is 2. The van der Waals surface area contributed by atoms with Crippen LogP contribution in [-0.4, -0.2) is 35.7 Å². The van der Waals surface area contributed by atoms with Gasteiger partial charge in [-0.25, -0.2) is 9.80 Å². The van der Waals surface area contributed by atoms with E-state index in [1.165, 1.54) is 5.01 Å². The first-order valence-electron chi connectivity index (χ1n) is 5.88. The Labute approximate surface area is 102 Å². The molecule has 5 nitrogen and oxygen atoms in total. The molecule has 0 unspecified atom stereocenters. The summed E-state index contributed by atoms with van der Waals surface area (Å²) in [5.74, 6) is -0.614. The fraction of sp³-hybridized carbons (Fsp3) is 0.750. The lowest BCUT2D eigenvalue weighted by molar-refractivity contribution is -0.135. The highest BCUT2D eigenvalue weighted by Gasteiger charge is 2.29. The third-order valence-corrected chi connectivity index (χ3v) is 2.43. The van der Waals surface area contributed by atoms with Crippen molar-refractivity contribution in [3.63, 3.8) is 0 Å². The first-order valence-corrected chi connectivity index (χ1v) is 5.88.